The van der Waals surface area contributed by atoms with Gasteiger partial charge in [0.05, 0.1) is 10.5 Å². The fourth-order valence-corrected chi connectivity index (χ4v) is 1.70. The van der Waals surface area contributed by atoms with Crippen LogP contribution in [-0.4, -0.2) is 29.6 Å². The average molecular weight is 266 g/mol. The molecule has 19 heavy (non-hydrogen) atoms. The Hall–Kier alpha value is -2.11. The number of anilines is 1. The SMILES string of the molecule is CC(C)CCN(C)c1ccc(C(=O)O)cc1[N+](=O)[O-]. The van der Waals surface area contributed by atoms with Crippen molar-refractivity contribution >= 4 is 17.3 Å². The first kappa shape index (κ1) is 14.9. The summed E-state index contributed by atoms with van der Waals surface area (Å²) in [6.45, 7) is 4.84. The van der Waals surface area contributed by atoms with E-state index in [1.54, 1.807) is 11.9 Å². The van der Waals surface area contributed by atoms with E-state index < -0.39 is 10.9 Å². The first-order valence-corrected chi connectivity index (χ1v) is 6.05. The predicted octanol–water partition coefficient (Wildman–Crippen LogP) is 2.78. The van der Waals surface area contributed by atoms with Gasteiger partial charge < -0.3 is 10.0 Å². The summed E-state index contributed by atoms with van der Waals surface area (Å²) in [7, 11) is 1.77. The fourth-order valence-electron chi connectivity index (χ4n) is 1.70. The van der Waals surface area contributed by atoms with Crippen LogP contribution in [0.25, 0.3) is 0 Å². The van der Waals surface area contributed by atoms with Gasteiger partial charge in [-0.05, 0) is 24.5 Å². The minimum atomic E-state index is -1.17. The van der Waals surface area contributed by atoms with Gasteiger partial charge in [0, 0.05) is 19.7 Å². The molecule has 0 fully saturated rings. The molecule has 0 aliphatic heterocycles. The third kappa shape index (κ3) is 3.94. The van der Waals surface area contributed by atoms with Crippen molar-refractivity contribution < 1.29 is 14.8 Å². The number of nitro benzene ring substituents is 1. The fraction of sp³-hybridized carbons (Fsp3) is 0.462. The summed E-state index contributed by atoms with van der Waals surface area (Å²) < 4.78 is 0. The summed E-state index contributed by atoms with van der Waals surface area (Å²) in [6.07, 6.45) is 0.911. The van der Waals surface area contributed by atoms with Gasteiger partial charge in [-0.1, -0.05) is 13.8 Å². The molecule has 0 aliphatic rings. The zero-order valence-corrected chi connectivity index (χ0v) is 11.3. The smallest absolute Gasteiger partial charge is 0.335 e. The second-order valence-electron chi connectivity index (χ2n) is 4.87. The van der Waals surface area contributed by atoms with Gasteiger partial charge in [0.1, 0.15) is 5.69 Å². The van der Waals surface area contributed by atoms with Gasteiger partial charge in [-0.2, -0.15) is 0 Å². The molecule has 1 aromatic rings. The molecule has 0 spiro atoms. The van der Waals surface area contributed by atoms with E-state index in [4.69, 9.17) is 5.11 Å². The van der Waals surface area contributed by atoms with Crippen molar-refractivity contribution in [3.63, 3.8) is 0 Å². The second-order valence-corrected chi connectivity index (χ2v) is 4.87. The van der Waals surface area contributed by atoms with Crippen LogP contribution in [0.1, 0.15) is 30.6 Å². The summed E-state index contributed by atoms with van der Waals surface area (Å²) in [5.41, 5.74) is 0.189. The second kappa shape index (κ2) is 6.17. The van der Waals surface area contributed by atoms with Crippen LogP contribution in [0, 0.1) is 16.0 Å². The van der Waals surface area contributed by atoms with Gasteiger partial charge in [-0.3, -0.25) is 10.1 Å². The quantitative estimate of drug-likeness (QED) is 0.632. The summed E-state index contributed by atoms with van der Waals surface area (Å²) >= 11 is 0. The third-order valence-electron chi connectivity index (χ3n) is 2.87. The molecule has 0 aromatic heterocycles. The molecule has 1 N–H and O–H groups in total. The van der Waals surface area contributed by atoms with Crippen LogP contribution < -0.4 is 4.90 Å². The molecule has 0 heterocycles. The van der Waals surface area contributed by atoms with Gasteiger partial charge in [-0.25, -0.2) is 4.79 Å². The lowest BCUT2D eigenvalue weighted by molar-refractivity contribution is -0.384. The Morgan fingerprint density at radius 3 is 2.58 bits per heavy atom. The molecule has 0 bridgehead atoms. The van der Waals surface area contributed by atoms with Crippen molar-refractivity contribution in [1.82, 2.24) is 0 Å². The van der Waals surface area contributed by atoms with E-state index in [1.165, 1.54) is 12.1 Å². The van der Waals surface area contributed by atoms with Crippen LogP contribution in [0.15, 0.2) is 18.2 Å². The van der Waals surface area contributed by atoms with Crippen LogP contribution in [0.3, 0.4) is 0 Å². The highest BCUT2D eigenvalue weighted by Gasteiger charge is 2.19. The third-order valence-corrected chi connectivity index (χ3v) is 2.87. The number of nitro groups is 1. The number of hydrogen-bond acceptors (Lipinski definition) is 4. The van der Waals surface area contributed by atoms with Crippen molar-refractivity contribution in [3.05, 3.63) is 33.9 Å². The highest BCUT2D eigenvalue weighted by Crippen LogP contribution is 2.28. The Kier molecular flexibility index (Phi) is 4.86. The Bertz CT molecular complexity index is 486. The molecule has 104 valence electrons. The van der Waals surface area contributed by atoms with E-state index in [1.807, 2.05) is 0 Å². The predicted molar refractivity (Wildman–Crippen MR) is 72.8 cm³/mol. The monoisotopic (exact) mass is 266 g/mol. The number of hydrogen-bond donors (Lipinski definition) is 1. The van der Waals surface area contributed by atoms with Crippen molar-refractivity contribution in [3.8, 4) is 0 Å². The largest absolute Gasteiger partial charge is 0.478 e. The minimum Gasteiger partial charge on any atom is -0.478 e. The number of rotatable bonds is 6. The number of aromatic carboxylic acids is 1. The first-order chi connectivity index (χ1) is 8.82. The molecule has 0 saturated carbocycles. The van der Waals surface area contributed by atoms with Crippen molar-refractivity contribution in [2.24, 2.45) is 5.92 Å². The molecule has 6 nitrogen and oxygen atoms in total. The summed E-state index contributed by atoms with van der Waals surface area (Å²) in [6, 6.07) is 3.97. The van der Waals surface area contributed by atoms with E-state index in [0.29, 0.717) is 18.2 Å². The maximum Gasteiger partial charge on any atom is 0.335 e. The average Bonchev–Trinajstić information content (AvgIpc) is 2.34. The molecular weight excluding hydrogens is 248 g/mol. The lowest BCUT2D eigenvalue weighted by atomic mass is 10.1. The number of carbonyl (C=O) groups is 1. The van der Waals surface area contributed by atoms with Gasteiger partial charge in [0.25, 0.3) is 5.69 Å². The van der Waals surface area contributed by atoms with E-state index in [2.05, 4.69) is 13.8 Å². The molecule has 0 saturated heterocycles. The van der Waals surface area contributed by atoms with E-state index >= 15 is 0 Å². The van der Waals surface area contributed by atoms with Crippen molar-refractivity contribution in [2.75, 3.05) is 18.5 Å². The first-order valence-electron chi connectivity index (χ1n) is 6.05. The van der Waals surface area contributed by atoms with E-state index in [9.17, 15) is 14.9 Å². The number of nitrogens with zero attached hydrogens (tertiary/aromatic N) is 2. The Labute approximate surface area is 111 Å². The Morgan fingerprint density at radius 2 is 2.11 bits per heavy atom. The molecular formula is C13H18N2O4. The standard InChI is InChI=1S/C13H18N2O4/c1-9(2)6-7-14(3)11-5-4-10(13(16)17)8-12(11)15(18)19/h4-5,8-9H,6-7H2,1-3H3,(H,16,17). The molecule has 1 aromatic carbocycles. The van der Waals surface area contributed by atoms with Crippen LogP contribution in [0.4, 0.5) is 11.4 Å². The zero-order chi connectivity index (χ0) is 14.6. The van der Waals surface area contributed by atoms with E-state index in [-0.39, 0.29) is 11.3 Å². The number of carboxylic acid groups (broad SMARTS) is 1. The lowest BCUT2D eigenvalue weighted by Gasteiger charge is -2.20. The van der Waals surface area contributed by atoms with Crippen LogP contribution in [-0.2, 0) is 0 Å². The molecule has 1 rings (SSSR count). The molecule has 0 radical (unpaired) electrons. The van der Waals surface area contributed by atoms with Crippen LogP contribution in [0.5, 0.6) is 0 Å². The summed E-state index contributed by atoms with van der Waals surface area (Å²) in [4.78, 5) is 23.1. The molecule has 6 heteroatoms. The molecule has 0 unspecified atom stereocenters. The molecule has 0 aliphatic carbocycles. The van der Waals surface area contributed by atoms with Crippen molar-refractivity contribution in [2.45, 2.75) is 20.3 Å². The van der Waals surface area contributed by atoms with Gasteiger partial charge in [0.15, 0.2) is 0 Å². The van der Waals surface area contributed by atoms with Gasteiger partial charge in [-0.15, -0.1) is 0 Å². The lowest BCUT2D eigenvalue weighted by Crippen LogP contribution is -2.21. The van der Waals surface area contributed by atoms with Gasteiger partial charge >= 0.3 is 5.97 Å². The zero-order valence-electron chi connectivity index (χ0n) is 11.3. The number of benzene rings is 1. The highest BCUT2D eigenvalue weighted by molar-refractivity contribution is 5.89. The Morgan fingerprint density at radius 1 is 1.47 bits per heavy atom. The number of carboxylic acids is 1. The molecule has 0 amide bonds. The maximum absolute atomic E-state index is 11.0. The highest BCUT2D eigenvalue weighted by atomic mass is 16.6. The van der Waals surface area contributed by atoms with E-state index in [0.717, 1.165) is 12.5 Å². The topological polar surface area (TPSA) is 83.7 Å². The Balaban J connectivity index is 3.06. The van der Waals surface area contributed by atoms with Gasteiger partial charge in [0.2, 0.25) is 0 Å². The molecule has 0 atom stereocenters. The van der Waals surface area contributed by atoms with Crippen LogP contribution in [0.2, 0.25) is 0 Å². The van der Waals surface area contributed by atoms with Crippen LogP contribution >= 0.6 is 0 Å². The maximum atomic E-state index is 11.0. The normalized spacial score (nSPS) is 10.5. The van der Waals surface area contributed by atoms with Crippen molar-refractivity contribution in [1.29, 1.82) is 0 Å². The minimum absolute atomic E-state index is 0.0762. The summed E-state index contributed by atoms with van der Waals surface area (Å²) in [5.74, 6) is -0.667. The summed E-state index contributed by atoms with van der Waals surface area (Å²) in [5, 5.41) is 19.9.